The van der Waals surface area contributed by atoms with Gasteiger partial charge in [-0.3, -0.25) is 4.90 Å². The highest BCUT2D eigenvalue weighted by Crippen LogP contribution is 2.39. The van der Waals surface area contributed by atoms with Gasteiger partial charge >= 0.3 is 0 Å². The van der Waals surface area contributed by atoms with Gasteiger partial charge in [0.25, 0.3) is 0 Å². The molecule has 4 heteroatoms. The van der Waals surface area contributed by atoms with E-state index in [1.807, 2.05) is 18.2 Å². The molecule has 0 amide bonds. The lowest BCUT2D eigenvalue weighted by Gasteiger charge is -2.19. The molecule has 18 heavy (non-hydrogen) atoms. The first-order valence-electron chi connectivity index (χ1n) is 6.48. The molecule has 1 aromatic carbocycles. The first-order valence-corrected chi connectivity index (χ1v) is 7.24. The summed E-state index contributed by atoms with van der Waals surface area (Å²) in [7, 11) is 0. The molecule has 0 radical (unpaired) electrons. The van der Waals surface area contributed by atoms with Gasteiger partial charge in [0.2, 0.25) is 0 Å². The monoisotopic (exact) mass is 285 g/mol. The third-order valence-electron chi connectivity index (χ3n) is 4.34. The molecule has 3 rings (SSSR count). The van der Waals surface area contributed by atoms with Gasteiger partial charge in [-0.2, -0.15) is 0 Å². The number of likely N-dealkylation sites (tertiary alicyclic amines) is 1. The Morgan fingerprint density at radius 2 is 1.89 bits per heavy atom. The highest BCUT2D eigenvalue weighted by Gasteiger charge is 2.41. The van der Waals surface area contributed by atoms with Gasteiger partial charge in [-0.25, -0.2) is 0 Å². The topological polar surface area (TPSA) is 23.5 Å². The first-order chi connectivity index (χ1) is 8.65. The zero-order valence-corrected chi connectivity index (χ0v) is 11.7. The van der Waals surface area contributed by atoms with Crippen LogP contribution in [-0.4, -0.2) is 29.2 Å². The summed E-state index contributed by atoms with van der Waals surface area (Å²) in [5.41, 5.74) is 1.01. The van der Waals surface area contributed by atoms with Crippen LogP contribution in [0.25, 0.3) is 0 Å². The SMILES string of the molecule is OC1CCC2CN(Cc3c(Cl)cccc3Cl)CC12. The largest absolute Gasteiger partial charge is 0.393 e. The molecule has 1 saturated heterocycles. The van der Waals surface area contributed by atoms with Crippen LogP contribution in [0.1, 0.15) is 18.4 Å². The minimum Gasteiger partial charge on any atom is -0.393 e. The van der Waals surface area contributed by atoms with E-state index >= 15 is 0 Å². The molecule has 98 valence electrons. The molecule has 1 aromatic rings. The van der Waals surface area contributed by atoms with Crippen molar-refractivity contribution in [3.05, 3.63) is 33.8 Å². The molecule has 1 N–H and O–H groups in total. The fraction of sp³-hybridized carbons (Fsp3) is 0.571. The Labute approximate surface area is 117 Å². The van der Waals surface area contributed by atoms with E-state index < -0.39 is 0 Å². The molecule has 3 unspecified atom stereocenters. The van der Waals surface area contributed by atoms with Crippen LogP contribution < -0.4 is 0 Å². The molecule has 2 aliphatic rings. The number of rotatable bonds is 2. The highest BCUT2D eigenvalue weighted by atomic mass is 35.5. The summed E-state index contributed by atoms with van der Waals surface area (Å²) in [5.74, 6) is 1.10. The van der Waals surface area contributed by atoms with E-state index in [1.54, 1.807) is 0 Å². The second-order valence-electron chi connectivity index (χ2n) is 5.46. The van der Waals surface area contributed by atoms with Gasteiger partial charge in [-0.05, 0) is 30.9 Å². The smallest absolute Gasteiger partial charge is 0.0583 e. The third kappa shape index (κ3) is 2.27. The molecule has 1 aliphatic heterocycles. The van der Waals surface area contributed by atoms with E-state index in [2.05, 4.69) is 4.90 Å². The number of aliphatic hydroxyl groups is 1. The minimum absolute atomic E-state index is 0.110. The lowest BCUT2D eigenvalue weighted by molar-refractivity contribution is 0.123. The van der Waals surface area contributed by atoms with E-state index in [0.717, 1.165) is 48.1 Å². The summed E-state index contributed by atoms with van der Waals surface area (Å²) >= 11 is 12.4. The lowest BCUT2D eigenvalue weighted by atomic mass is 10.00. The van der Waals surface area contributed by atoms with Crippen LogP contribution >= 0.6 is 23.2 Å². The van der Waals surface area contributed by atoms with Crippen molar-refractivity contribution >= 4 is 23.2 Å². The number of fused-ring (bicyclic) bond motifs is 1. The van der Waals surface area contributed by atoms with Crippen molar-refractivity contribution in [3.8, 4) is 0 Å². The number of hydrogen-bond acceptors (Lipinski definition) is 2. The molecule has 2 nitrogen and oxygen atoms in total. The summed E-state index contributed by atoms with van der Waals surface area (Å²) in [5, 5.41) is 11.4. The fourth-order valence-corrected chi connectivity index (χ4v) is 3.88. The third-order valence-corrected chi connectivity index (χ3v) is 5.05. The predicted molar refractivity (Wildman–Crippen MR) is 74.0 cm³/mol. The van der Waals surface area contributed by atoms with Gasteiger partial charge in [0.1, 0.15) is 0 Å². The van der Waals surface area contributed by atoms with Crippen LogP contribution in [0.4, 0.5) is 0 Å². The van der Waals surface area contributed by atoms with Crippen LogP contribution in [0.2, 0.25) is 10.0 Å². The summed E-state index contributed by atoms with van der Waals surface area (Å²) in [6.45, 7) is 2.81. The highest BCUT2D eigenvalue weighted by molar-refractivity contribution is 6.35. The molecular formula is C14H17Cl2NO. The Kier molecular flexibility index (Phi) is 3.55. The number of halogens is 2. The summed E-state index contributed by atoms with van der Waals surface area (Å²) in [6.07, 6.45) is 2.01. The zero-order chi connectivity index (χ0) is 12.7. The lowest BCUT2D eigenvalue weighted by Crippen LogP contribution is -2.24. The quantitative estimate of drug-likeness (QED) is 0.902. The van der Waals surface area contributed by atoms with Crippen molar-refractivity contribution in [2.75, 3.05) is 13.1 Å². The standard InChI is InChI=1S/C14H17Cl2NO/c15-12-2-1-3-13(16)11(12)8-17-6-9-4-5-14(18)10(9)7-17/h1-3,9-10,14,18H,4-8H2. The number of nitrogens with zero attached hydrogens (tertiary/aromatic N) is 1. The molecule has 1 heterocycles. The summed E-state index contributed by atoms with van der Waals surface area (Å²) in [4.78, 5) is 2.37. The van der Waals surface area contributed by atoms with E-state index in [4.69, 9.17) is 23.2 Å². The summed E-state index contributed by atoms with van der Waals surface area (Å²) < 4.78 is 0. The first kappa shape index (κ1) is 12.7. The number of benzene rings is 1. The zero-order valence-electron chi connectivity index (χ0n) is 10.1. The van der Waals surface area contributed by atoms with Gasteiger partial charge in [-0.1, -0.05) is 29.3 Å². The van der Waals surface area contributed by atoms with E-state index in [1.165, 1.54) is 0 Å². The van der Waals surface area contributed by atoms with Crippen molar-refractivity contribution in [3.63, 3.8) is 0 Å². The van der Waals surface area contributed by atoms with E-state index in [9.17, 15) is 5.11 Å². The fourth-order valence-electron chi connectivity index (χ4n) is 3.37. The minimum atomic E-state index is -0.110. The average Bonchev–Trinajstić information content (AvgIpc) is 2.87. The molecule has 3 atom stereocenters. The van der Waals surface area contributed by atoms with Crippen molar-refractivity contribution in [1.82, 2.24) is 4.90 Å². The van der Waals surface area contributed by atoms with Crippen LogP contribution in [0.3, 0.4) is 0 Å². The van der Waals surface area contributed by atoms with Crippen molar-refractivity contribution in [1.29, 1.82) is 0 Å². The number of hydrogen-bond donors (Lipinski definition) is 1. The van der Waals surface area contributed by atoms with Crippen LogP contribution in [0.15, 0.2) is 18.2 Å². The van der Waals surface area contributed by atoms with Crippen LogP contribution in [0.5, 0.6) is 0 Å². The predicted octanol–water partition coefficient (Wildman–Crippen LogP) is 3.20. The van der Waals surface area contributed by atoms with Gasteiger partial charge in [0.05, 0.1) is 6.10 Å². The molecular weight excluding hydrogens is 269 g/mol. The van der Waals surface area contributed by atoms with Gasteiger partial charge < -0.3 is 5.11 Å². The van der Waals surface area contributed by atoms with Gasteiger partial charge in [-0.15, -0.1) is 0 Å². The molecule has 1 saturated carbocycles. The molecule has 1 aliphatic carbocycles. The van der Waals surface area contributed by atoms with Crippen LogP contribution in [0, 0.1) is 11.8 Å². The second-order valence-corrected chi connectivity index (χ2v) is 6.28. The normalized spacial score (nSPS) is 31.8. The molecule has 0 spiro atoms. The van der Waals surface area contributed by atoms with E-state index in [0.29, 0.717) is 11.8 Å². The Morgan fingerprint density at radius 3 is 2.56 bits per heavy atom. The van der Waals surface area contributed by atoms with Gasteiger partial charge in [0.15, 0.2) is 0 Å². The maximum Gasteiger partial charge on any atom is 0.0583 e. The Morgan fingerprint density at radius 1 is 1.17 bits per heavy atom. The molecule has 2 fully saturated rings. The average molecular weight is 286 g/mol. The summed E-state index contributed by atoms with van der Waals surface area (Å²) in [6, 6.07) is 5.64. The van der Waals surface area contributed by atoms with Crippen molar-refractivity contribution < 1.29 is 5.11 Å². The van der Waals surface area contributed by atoms with Crippen molar-refractivity contribution in [2.24, 2.45) is 11.8 Å². The van der Waals surface area contributed by atoms with Gasteiger partial charge in [0, 0.05) is 41.2 Å². The Bertz CT molecular complexity index is 431. The van der Waals surface area contributed by atoms with Crippen LogP contribution in [-0.2, 0) is 6.54 Å². The Balaban J connectivity index is 1.72. The van der Waals surface area contributed by atoms with E-state index in [-0.39, 0.29) is 6.10 Å². The Hall–Kier alpha value is -0.280. The molecule has 0 aromatic heterocycles. The number of aliphatic hydroxyl groups excluding tert-OH is 1. The van der Waals surface area contributed by atoms with Crippen molar-refractivity contribution in [2.45, 2.75) is 25.5 Å². The second kappa shape index (κ2) is 5.01. The molecule has 0 bridgehead atoms. The maximum atomic E-state index is 9.91. The maximum absolute atomic E-state index is 9.91.